The van der Waals surface area contributed by atoms with Crippen molar-refractivity contribution in [1.29, 1.82) is 0 Å². The van der Waals surface area contributed by atoms with E-state index >= 15 is 0 Å². The Balaban J connectivity index is 2.32. The van der Waals surface area contributed by atoms with Crippen molar-refractivity contribution in [2.45, 2.75) is 33.2 Å². The van der Waals surface area contributed by atoms with E-state index in [9.17, 15) is 13.2 Å². The van der Waals surface area contributed by atoms with Gasteiger partial charge in [-0.25, -0.2) is 13.4 Å². The van der Waals surface area contributed by atoms with Crippen molar-refractivity contribution in [2.75, 3.05) is 18.1 Å². The van der Waals surface area contributed by atoms with Gasteiger partial charge < -0.3 is 9.30 Å². The zero-order valence-electron chi connectivity index (χ0n) is 17.2. The summed E-state index contributed by atoms with van der Waals surface area (Å²) in [6.07, 6.45) is 4.63. The summed E-state index contributed by atoms with van der Waals surface area (Å²) >= 11 is 0. The van der Waals surface area contributed by atoms with E-state index in [4.69, 9.17) is 4.74 Å². The lowest BCUT2D eigenvalue weighted by Crippen LogP contribution is -2.18. The number of sulfonamides is 1. The highest BCUT2D eigenvalue weighted by molar-refractivity contribution is 7.92. The van der Waals surface area contributed by atoms with Crippen molar-refractivity contribution < 1.29 is 13.2 Å². The van der Waals surface area contributed by atoms with Crippen LogP contribution < -0.4 is 15.0 Å². The first-order chi connectivity index (χ1) is 13.6. The molecule has 156 valence electrons. The summed E-state index contributed by atoms with van der Waals surface area (Å²) in [7, 11) is -0.382. The van der Waals surface area contributed by atoms with Gasteiger partial charge in [0.1, 0.15) is 5.52 Å². The fourth-order valence-corrected chi connectivity index (χ4v) is 3.69. The van der Waals surface area contributed by atoms with Gasteiger partial charge in [-0.2, -0.15) is 4.98 Å². The Bertz CT molecular complexity index is 1200. The molecular formula is C19H25N5O4S. The summed E-state index contributed by atoms with van der Waals surface area (Å²) < 4.78 is 35.1. The van der Waals surface area contributed by atoms with Gasteiger partial charge in [-0.15, -0.1) is 0 Å². The van der Waals surface area contributed by atoms with Gasteiger partial charge in [-0.3, -0.25) is 14.1 Å². The molecule has 3 aromatic rings. The fraction of sp³-hybridized carbons (Fsp3) is 0.421. The largest absolute Gasteiger partial charge is 0.468 e. The maximum absolute atomic E-state index is 12.1. The molecule has 0 saturated heterocycles. The van der Waals surface area contributed by atoms with Gasteiger partial charge in [-0.1, -0.05) is 13.3 Å². The number of hydrogen-bond acceptors (Lipinski definition) is 6. The van der Waals surface area contributed by atoms with E-state index < -0.39 is 10.0 Å². The Hall–Kier alpha value is -2.88. The lowest BCUT2D eigenvalue weighted by molar-refractivity contribution is 0.357. The predicted octanol–water partition coefficient (Wildman–Crippen LogP) is 2.29. The molecule has 1 N–H and O–H groups in total. The topological polar surface area (TPSA) is 108 Å². The maximum Gasteiger partial charge on any atom is 0.297 e. The number of nitrogens with zero attached hydrogens (tertiary/aromatic N) is 4. The minimum atomic E-state index is -3.58. The molecule has 0 atom stereocenters. The molecule has 9 nitrogen and oxygen atoms in total. The van der Waals surface area contributed by atoms with Crippen molar-refractivity contribution in [1.82, 2.24) is 19.1 Å². The van der Waals surface area contributed by atoms with Crippen molar-refractivity contribution in [3.05, 3.63) is 34.2 Å². The minimum absolute atomic E-state index is 0.0982. The first-order valence-electron chi connectivity index (χ1n) is 9.25. The third kappa shape index (κ3) is 4.26. The van der Waals surface area contributed by atoms with Gasteiger partial charge in [0.2, 0.25) is 10.0 Å². The van der Waals surface area contributed by atoms with E-state index in [2.05, 4.69) is 21.6 Å². The Labute approximate surface area is 169 Å². The predicted molar refractivity (Wildman–Crippen MR) is 113 cm³/mol. The van der Waals surface area contributed by atoms with Crippen LogP contribution in [0.5, 0.6) is 6.01 Å². The highest BCUT2D eigenvalue weighted by Crippen LogP contribution is 2.31. The van der Waals surface area contributed by atoms with E-state index in [1.54, 1.807) is 26.2 Å². The monoisotopic (exact) mass is 419 g/mol. The number of aryl methyl sites for hydroxylation is 3. The molecule has 0 unspecified atom stereocenters. The molecule has 3 aromatic heterocycles. The lowest BCUT2D eigenvalue weighted by atomic mass is 10.1. The van der Waals surface area contributed by atoms with E-state index in [-0.39, 0.29) is 11.4 Å². The number of pyridine rings is 2. The first kappa shape index (κ1) is 20.8. The average molecular weight is 420 g/mol. The number of fused-ring (bicyclic) bond motifs is 1. The molecule has 0 aliphatic carbocycles. The van der Waals surface area contributed by atoms with E-state index in [1.807, 2.05) is 10.6 Å². The quantitative estimate of drug-likeness (QED) is 0.629. The Kier molecular flexibility index (Phi) is 5.65. The summed E-state index contributed by atoms with van der Waals surface area (Å²) in [5, 5.41) is 0. The summed E-state index contributed by atoms with van der Waals surface area (Å²) in [6.45, 7) is 4.49. The number of anilines is 1. The number of imidazole rings is 1. The Morgan fingerprint density at radius 1 is 1.24 bits per heavy atom. The second-order valence-electron chi connectivity index (χ2n) is 7.03. The SMILES string of the molecule is CCCCn1c(OC)nc2c(NS(C)(=O)=O)nc(-c3cc(C)c(=O)n(C)c3)cc21. The molecule has 3 heterocycles. The number of unbranched alkanes of at least 4 members (excludes halogenated alkanes) is 1. The van der Waals surface area contributed by atoms with Gasteiger partial charge in [0, 0.05) is 30.9 Å². The van der Waals surface area contributed by atoms with Gasteiger partial charge in [0.15, 0.2) is 5.82 Å². The van der Waals surface area contributed by atoms with Gasteiger partial charge in [0.05, 0.1) is 24.6 Å². The molecule has 0 aliphatic heterocycles. The average Bonchev–Trinajstić information content (AvgIpc) is 3.00. The summed E-state index contributed by atoms with van der Waals surface area (Å²) in [5.41, 5.74) is 2.82. The van der Waals surface area contributed by atoms with Crippen molar-refractivity contribution >= 4 is 26.9 Å². The molecular weight excluding hydrogens is 394 g/mol. The number of nitrogens with one attached hydrogen (secondary N) is 1. The zero-order valence-corrected chi connectivity index (χ0v) is 18.0. The Morgan fingerprint density at radius 3 is 2.55 bits per heavy atom. The number of aromatic nitrogens is 4. The molecule has 0 amide bonds. The standard InChI is InChI=1S/C19H25N5O4S/c1-6-7-8-24-15-10-14(13-9-12(2)18(25)23(3)11-13)20-17(22-29(5,26)27)16(15)21-19(24)28-4/h9-11H,6-8H2,1-5H3,(H,20,22). The highest BCUT2D eigenvalue weighted by Gasteiger charge is 2.20. The van der Waals surface area contributed by atoms with Crippen LogP contribution >= 0.6 is 0 Å². The molecule has 10 heteroatoms. The normalized spacial score (nSPS) is 11.8. The number of ether oxygens (including phenoxy) is 1. The maximum atomic E-state index is 12.1. The van der Waals surface area contributed by atoms with Crippen molar-refractivity contribution in [3.63, 3.8) is 0 Å². The highest BCUT2D eigenvalue weighted by atomic mass is 32.2. The molecule has 0 saturated carbocycles. The Morgan fingerprint density at radius 2 is 1.97 bits per heavy atom. The third-order valence-corrected chi connectivity index (χ3v) is 5.12. The van der Waals surface area contributed by atoms with Crippen molar-refractivity contribution in [3.8, 4) is 17.3 Å². The summed E-state index contributed by atoms with van der Waals surface area (Å²) in [4.78, 5) is 21.0. The van der Waals surface area contributed by atoms with Crippen LogP contribution in [0.15, 0.2) is 23.1 Å². The number of hydrogen-bond donors (Lipinski definition) is 1. The number of rotatable bonds is 7. The molecule has 3 rings (SSSR count). The summed E-state index contributed by atoms with van der Waals surface area (Å²) in [6, 6.07) is 3.97. The van der Waals surface area contributed by atoms with E-state index in [0.717, 1.165) is 19.1 Å². The van der Waals surface area contributed by atoms with E-state index in [1.165, 1.54) is 11.7 Å². The molecule has 0 aromatic carbocycles. The van der Waals surface area contributed by atoms with Crippen LogP contribution in [0, 0.1) is 6.92 Å². The number of methoxy groups -OCH3 is 1. The van der Waals surface area contributed by atoms with Crippen LogP contribution in [0.4, 0.5) is 5.82 Å². The van der Waals surface area contributed by atoms with Gasteiger partial charge in [0.25, 0.3) is 11.6 Å². The van der Waals surface area contributed by atoms with Gasteiger partial charge >= 0.3 is 0 Å². The summed E-state index contributed by atoms with van der Waals surface area (Å²) in [5.74, 6) is 0.125. The molecule has 0 bridgehead atoms. The second-order valence-corrected chi connectivity index (χ2v) is 8.78. The zero-order chi connectivity index (χ0) is 21.3. The van der Waals surface area contributed by atoms with Crippen LogP contribution in [0.3, 0.4) is 0 Å². The van der Waals surface area contributed by atoms with Crippen LogP contribution in [0.1, 0.15) is 25.3 Å². The third-order valence-electron chi connectivity index (χ3n) is 4.56. The van der Waals surface area contributed by atoms with Crippen molar-refractivity contribution in [2.24, 2.45) is 7.05 Å². The molecule has 0 aliphatic rings. The molecule has 0 spiro atoms. The fourth-order valence-electron chi connectivity index (χ4n) is 3.20. The molecule has 29 heavy (non-hydrogen) atoms. The second kappa shape index (κ2) is 7.86. The lowest BCUT2D eigenvalue weighted by Gasteiger charge is -2.11. The van der Waals surface area contributed by atoms with Gasteiger partial charge in [-0.05, 0) is 25.5 Å². The van der Waals surface area contributed by atoms with Crippen LogP contribution in [-0.2, 0) is 23.6 Å². The molecule has 0 radical (unpaired) electrons. The smallest absolute Gasteiger partial charge is 0.297 e. The molecule has 0 fully saturated rings. The van der Waals surface area contributed by atoms with Crippen LogP contribution in [0.25, 0.3) is 22.3 Å². The van der Waals surface area contributed by atoms with Crippen LogP contribution in [-0.4, -0.2) is 40.9 Å². The van der Waals surface area contributed by atoms with Crippen LogP contribution in [0.2, 0.25) is 0 Å². The first-order valence-corrected chi connectivity index (χ1v) is 11.1. The minimum Gasteiger partial charge on any atom is -0.468 e. The van der Waals surface area contributed by atoms with E-state index in [0.29, 0.717) is 40.4 Å².